The van der Waals surface area contributed by atoms with Gasteiger partial charge in [0.15, 0.2) is 34.9 Å². The number of nitrogens with zero attached hydrogens (tertiary/aromatic N) is 5. The molecule has 2 unspecified atom stereocenters. The molecule has 8 bridgehead atoms. The Morgan fingerprint density at radius 1 is 0.673 bits per heavy atom. The van der Waals surface area contributed by atoms with E-state index in [0.717, 1.165) is 6.07 Å². The minimum atomic E-state index is -3.78. The van der Waals surface area contributed by atoms with E-state index in [1.807, 2.05) is 0 Å². The van der Waals surface area contributed by atoms with E-state index in [0.29, 0.717) is 35.0 Å². The number of hydrogen-bond acceptors (Lipinski definition) is 6. The summed E-state index contributed by atoms with van der Waals surface area (Å²) >= 11 is 0. The fourth-order valence-electron chi connectivity index (χ4n) is 6.31. The summed E-state index contributed by atoms with van der Waals surface area (Å²) < 4.78 is 125. The zero-order valence-electron chi connectivity index (χ0n) is 24.3. The molecule has 4 aromatic carbocycles. The van der Waals surface area contributed by atoms with Crippen molar-refractivity contribution in [2.24, 2.45) is 20.0 Å². The molecule has 0 fully saturated rings. The standard InChI is InChI=1S/C32H14F8N8.Zn/c33-18-7-3-6-14-23(18)31(38)45-28(14)43-26-13-5-2-1-4-12(13)25(41-26)42-27-15-10-20(35)21(36)11-16(15)30(44-27)48(40)32(39)17-8-9-19(34)24(37)22(17)29(46-31)47-32;/h1-11,44H,(H,46,47)(H,41,42,43,45);. The largest absolute Gasteiger partial charge is 0.334 e. The summed E-state index contributed by atoms with van der Waals surface area (Å²) in [5.41, 5.74) is -2.74. The summed E-state index contributed by atoms with van der Waals surface area (Å²) in [6.45, 7) is 0. The number of alkyl halides is 2. The van der Waals surface area contributed by atoms with Crippen molar-refractivity contribution in [1.29, 1.82) is 0 Å². The van der Waals surface area contributed by atoms with Crippen LogP contribution in [0.3, 0.4) is 0 Å². The van der Waals surface area contributed by atoms with Crippen molar-refractivity contribution in [3.63, 3.8) is 0 Å². The van der Waals surface area contributed by atoms with Crippen molar-refractivity contribution in [3.8, 4) is 0 Å². The molecule has 0 spiro atoms. The molecule has 2 aromatic heterocycles. The normalized spacial score (nSPS) is 20.5. The van der Waals surface area contributed by atoms with Gasteiger partial charge in [0.05, 0.1) is 11.1 Å². The van der Waals surface area contributed by atoms with Crippen molar-refractivity contribution in [3.05, 3.63) is 129 Å². The third kappa shape index (κ3) is 4.17. The van der Waals surface area contributed by atoms with Crippen LogP contribution < -0.4 is 21.4 Å². The summed E-state index contributed by atoms with van der Waals surface area (Å²) in [4.78, 5) is 21.9. The van der Waals surface area contributed by atoms with E-state index in [-0.39, 0.29) is 53.1 Å². The molecule has 0 radical (unpaired) electrons. The molecule has 8 nitrogen and oxygen atoms in total. The molecular weight excluding hydrogens is 714 g/mol. The minimum absolute atomic E-state index is 0. The molecule has 17 heteroatoms. The van der Waals surface area contributed by atoms with Crippen molar-refractivity contribution in [1.82, 2.24) is 15.3 Å². The van der Waals surface area contributed by atoms with Crippen LogP contribution in [-0.2, 0) is 31.3 Å². The van der Waals surface area contributed by atoms with Gasteiger partial charge in [0.1, 0.15) is 28.4 Å². The van der Waals surface area contributed by atoms with Gasteiger partial charge in [0.25, 0.3) is 0 Å². The number of aromatic nitrogens is 2. The van der Waals surface area contributed by atoms with Gasteiger partial charge in [-0.1, -0.05) is 40.9 Å². The third-order valence-electron chi connectivity index (χ3n) is 8.44. The Balaban J connectivity index is 0.00000348. The van der Waals surface area contributed by atoms with Crippen molar-refractivity contribution >= 4 is 44.9 Å². The number of halogens is 8. The maximum Gasteiger partial charge on any atom is 0.334 e. The maximum absolute atomic E-state index is 17.1. The summed E-state index contributed by atoms with van der Waals surface area (Å²) in [6, 6.07) is 12.5. The molecule has 49 heavy (non-hydrogen) atoms. The molecule has 9 rings (SSSR count). The van der Waals surface area contributed by atoms with E-state index in [2.05, 4.69) is 35.3 Å². The van der Waals surface area contributed by atoms with Gasteiger partial charge in [0.2, 0.25) is 0 Å². The Morgan fingerprint density at radius 2 is 1.37 bits per heavy atom. The van der Waals surface area contributed by atoms with Crippen LogP contribution in [0.1, 0.15) is 22.3 Å². The van der Waals surface area contributed by atoms with Crippen LogP contribution in [0.4, 0.5) is 46.8 Å². The summed E-state index contributed by atoms with van der Waals surface area (Å²) in [6.07, 6.45) is 0. The molecule has 3 aliphatic heterocycles. The van der Waals surface area contributed by atoms with Gasteiger partial charge < -0.3 is 15.3 Å². The van der Waals surface area contributed by atoms with Crippen LogP contribution in [-0.4, -0.2) is 21.6 Å². The molecule has 240 valence electrons. The van der Waals surface area contributed by atoms with Crippen LogP contribution in [0.15, 0.2) is 86.7 Å². The Morgan fingerprint density at radius 3 is 2.10 bits per heavy atom. The molecule has 0 saturated heterocycles. The average molecular weight is 728 g/mol. The number of hydrogen-bond donors (Lipinski definition) is 3. The number of aromatic amines is 2. The Kier molecular flexibility index (Phi) is 6.48. The number of anilines is 1. The van der Waals surface area contributed by atoms with Crippen LogP contribution in [0.5, 0.6) is 0 Å². The number of nitrogens with one attached hydrogen (secondary N) is 3. The number of H-pyrrole nitrogens is 2. The van der Waals surface area contributed by atoms with Gasteiger partial charge in [-0.05, 0) is 30.3 Å². The van der Waals surface area contributed by atoms with Gasteiger partial charge in [-0.15, -0.1) is 5.12 Å². The van der Waals surface area contributed by atoms with Crippen LogP contribution in [0.25, 0.3) is 21.5 Å². The topological polar surface area (TPSA) is 96.3 Å². The van der Waals surface area contributed by atoms with E-state index in [9.17, 15) is 13.2 Å². The van der Waals surface area contributed by atoms with Gasteiger partial charge in [0, 0.05) is 52.1 Å². The number of fused-ring (bicyclic) bond motifs is 18. The summed E-state index contributed by atoms with van der Waals surface area (Å²) in [5.74, 6) is -16.8. The Labute approximate surface area is 280 Å². The second-order valence-electron chi connectivity index (χ2n) is 11.2. The van der Waals surface area contributed by atoms with Crippen molar-refractivity contribution in [2.75, 3.05) is 5.12 Å². The van der Waals surface area contributed by atoms with E-state index in [1.165, 1.54) is 12.1 Å². The van der Waals surface area contributed by atoms with Gasteiger partial charge in [-0.2, -0.15) is 8.78 Å². The van der Waals surface area contributed by atoms with E-state index in [1.54, 1.807) is 24.3 Å². The predicted octanol–water partition coefficient (Wildman–Crippen LogP) is 6.29. The molecule has 0 saturated carbocycles. The van der Waals surface area contributed by atoms with Crippen molar-refractivity contribution < 1.29 is 54.7 Å². The number of amidine groups is 2. The first kappa shape index (κ1) is 30.9. The van der Waals surface area contributed by atoms with Gasteiger partial charge in [-0.25, -0.2) is 41.9 Å². The van der Waals surface area contributed by atoms with E-state index < -0.39 is 79.8 Å². The fraction of sp³-hybridized carbons (Fsp3) is 0.0625. The molecule has 5 heterocycles. The summed E-state index contributed by atoms with van der Waals surface area (Å²) in [7, 11) is 0. The number of benzene rings is 4. The van der Waals surface area contributed by atoms with Crippen LogP contribution in [0, 0.1) is 29.1 Å². The first-order valence-corrected chi connectivity index (χ1v) is 14.1. The Hall–Kier alpha value is -5.44. The quantitative estimate of drug-likeness (QED) is 0.0743. The number of aliphatic imine (C=N–C) groups is 2. The second kappa shape index (κ2) is 10.3. The van der Waals surface area contributed by atoms with E-state index >= 15 is 22.0 Å². The Bertz CT molecular complexity index is 2640. The average Bonchev–Trinajstić information content (AvgIpc) is 3.75. The summed E-state index contributed by atoms with van der Waals surface area (Å²) in [5, 5.41) is 1.62. The van der Waals surface area contributed by atoms with E-state index in [4.69, 9.17) is 0 Å². The van der Waals surface area contributed by atoms with Gasteiger partial charge in [-0.3, -0.25) is 0 Å². The smallest absolute Gasteiger partial charge is 0.324 e. The second-order valence-corrected chi connectivity index (χ2v) is 11.2. The van der Waals surface area contributed by atoms with Crippen molar-refractivity contribution in [2.45, 2.75) is 11.8 Å². The first-order valence-electron chi connectivity index (χ1n) is 14.1. The molecular formula is C32H14F8N8Zn. The minimum Gasteiger partial charge on any atom is -0.324 e. The monoisotopic (exact) mass is 726 g/mol. The zero-order chi connectivity index (χ0) is 33.3. The maximum atomic E-state index is 17.1. The molecule has 6 aromatic rings. The predicted molar refractivity (Wildman–Crippen MR) is 157 cm³/mol. The van der Waals surface area contributed by atoms with Crippen LogP contribution in [0.2, 0.25) is 0 Å². The fourth-order valence-corrected chi connectivity index (χ4v) is 6.31. The molecule has 2 atom stereocenters. The zero-order valence-corrected chi connectivity index (χ0v) is 27.3. The van der Waals surface area contributed by atoms with Gasteiger partial charge >= 0.3 is 11.8 Å². The molecule has 3 aliphatic rings. The molecule has 3 N–H and O–H groups in total. The number of rotatable bonds is 0. The molecule has 0 amide bonds. The molecule has 0 aliphatic carbocycles. The third-order valence-corrected chi connectivity index (χ3v) is 8.44. The van der Waals surface area contributed by atoms with Crippen LogP contribution >= 0.6 is 0 Å². The first-order chi connectivity index (χ1) is 23.0. The SMILES string of the molecule is Fc1cc2c3[nH]c(c2cc1F)N(F)C1(F)N=C(NC2(F)N=C(N=c4[nH]c(c5ccccc45)=N3)c3cccc(F)c32)c2c1ccc(F)c2F.[Zn].